The van der Waals surface area contributed by atoms with Gasteiger partial charge in [-0.3, -0.25) is 18.6 Å². The lowest BCUT2D eigenvalue weighted by Crippen LogP contribution is -2.29. The number of allylic oxidation sites excluding steroid dienone is 6. The van der Waals surface area contributed by atoms with Crippen molar-refractivity contribution < 1.29 is 37.6 Å². The average molecular weight is 840 g/mol. The summed E-state index contributed by atoms with van der Waals surface area (Å²) in [5, 5.41) is 0. The van der Waals surface area contributed by atoms with E-state index in [1.54, 1.807) is 0 Å². The van der Waals surface area contributed by atoms with E-state index in [0.29, 0.717) is 6.42 Å². The van der Waals surface area contributed by atoms with Crippen LogP contribution in [0.2, 0.25) is 0 Å². The van der Waals surface area contributed by atoms with E-state index in [4.69, 9.17) is 24.3 Å². The van der Waals surface area contributed by atoms with E-state index in [2.05, 4.69) is 50.3 Å². The van der Waals surface area contributed by atoms with Gasteiger partial charge in [-0.2, -0.15) is 0 Å². The summed E-state index contributed by atoms with van der Waals surface area (Å²) in [6.07, 6.45) is 50.4. The lowest BCUT2D eigenvalue weighted by molar-refractivity contribution is -0.161. The first kappa shape index (κ1) is 56.2. The van der Waals surface area contributed by atoms with Crippen molar-refractivity contribution in [2.24, 2.45) is 5.73 Å². The number of carbonyl (C=O) groups excluding carboxylic acids is 2. The van der Waals surface area contributed by atoms with Crippen LogP contribution in [0.15, 0.2) is 36.5 Å². The standard InChI is InChI=1S/C48H90NO8P/c1-3-5-7-9-11-13-15-17-18-19-20-21-22-23-24-25-26-27-28-29-31-33-35-37-39-41-48(51)57-46(45-56-58(52,53)55-43-42-49)44-54-47(50)40-38-36-34-32-30-16-14-12-10-8-6-4-2/h12,14-15,17,19-20,46H,3-11,13,16,18,21-45,49H2,1-2H3,(H,52,53)/b14-12-,17-15-,20-19-. The third kappa shape index (κ3) is 43.8. The molecule has 0 aliphatic heterocycles. The van der Waals surface area contributed by atoms with Gasteiger partial charge in [-0.1, -0.05) is 179 Å². The second-order valence-electron chi connectivity index (χ2n) is 16.0. The van der Waals surface area contributed by atoms with Crippen LogP contribution in [0.1, 0.15) is 226 Å². The van der Waals surface area contributed by atoms with Gasteiger partial charge in [-0.25, -0.2) is 4.57 Å². The number of esters is 2. The number of phosphoric ester groups is 1. The number of hydrogen-bond donors (Lipinski definition) is 2. The summed E-state index contributed by atoms with van der Waals surface area (Å²) in [4.78, 5) is 34.9. The third-order valence-corrected chi connectivity index (χ3v) is 11.2. The highest BCUT2D eigenvalue weighted by molar-refractivity contribution is 7.47. The molecule has 2 atom stereocenters. The highest BCUT2D eigenvalue weighted by Crippen LogP contribution is 2.43. The Balaban J connectivity index is 4.01. The molecule has 0 bridgehead atoms. The zero-order valence-corrected chi connectivity index (χ0v) is 38.4. The molecule has 0 spiro atoms. The van der Waals surface area contributed by atoms with Crippen molar-refractivity contribution in [2.45, 2.75) is 232 Å². The van der Waals surface area contributed by atoms with Crippen molar-refractivity contribution in [2.75, 3.05) is 26.4 Å². The summed E-state index contributed by atoms with van der Waals surface area (Å²) in [6.45, 7) is 3.70. The van der Waals surface area contributed by atoms with Gasteiger partial charge in [0, 0.05) is 19.4 Å². The highest BCUT2D eigenvalue weighted by atomic mass is 31.2. The number of hydrogen-bond acceptors (Lipinski definition) is 8. The zero-order chi connectivity index (χ0) is 42.5. The summed E-state index contributed by atoms with van der Waals surface area (Å²) in [5.41, 5.74) is 5.35. The Morgan fingerprint density at radius 2 is 0.897 bits per heavy atom. The van der Waals surface area contributed by atoms with E-state index in [0.717, 1.165) is 64.2 Å². The minimum atomic E-state index is -4.38. The Bertz CT molecular complexity index is 1050. The fraction of sp³-hybridized carbons (Fsp3) is 0.833. The third-order valence-electron chi connectivity index (χ3n) is 10.2. The molecule has 0 radical (unpaired) electrons. The second-order valence-corrected chi connectivity index (χ2v) is 17.4. The maximum atomic E-state index is 12.6. The molecule has 10 heteroatoms. The fourth-order valence-electron chi connectivity index (χ4n) is 6.66. The van der Waals surface area contributed by atoms with E-state index in [1.807, 2.05) is 0 Å². The van der Waals surface area contributed by atoms with Crippen LogP contribution >= 0.6 is 7.82 Å². The number of nitrogens with two attached hydrogens (primary N) is 1. The molecule has 2 unspecified atom stereocenters. The average Bonchev–Trinajstić information content (AvgIpc) is 3.21. The second kappa shape index (κ2) is 44.8. The number of phosphoric acid groups is 1. The van der Waals surface area contributed by atoms with Crippen molar-refractivity contribution >= 4 is 19.8 Å². The molecule has 58 heavy (non-hydrogen) atoms. The van der Waals surface area contributed by atoms with Gasteiger partial charge in [-0.05, 0) is 70.6 Å². The number of carbonyl (C=O) groups is 2. The summed E-state index contributed by atoms with van der Waals surface area (Å²) in [5.74, 6) is -0.835. The Labute approximate surface area is 356 Å². The van der Waals surface area contributed by atoms with Gasteiger partial charge < -0.3 is 20.1 Å². The largest absolute Gasteiger partial charge is 0.472 e. The SMILES string of the molecule is CCCCC/C=C\CCCCCCCC(=O)OCC(COP(=O)(O)OCCN)OC(=O)CCCCCCCCCCCCCCC/C=C\C/C=C\CCCCCCC. The maximum Gasteiger partial charge on any atom is 0.472 e. The topological polar surface area (TPSA) is 134 Å². The van der Waals surface area contributed by atoms with Gasteiger partial charge in [0.25, 0.3) is 0 Å². The van der Waals surface area contributed by atoms with E-state index in [-0.39, 0.29) is 38.6 Å². The van der Waals surface area contributed by atoms with Crippen LogP contribution in [0.25, 0.3) is 0 Å². The van der Waals surface area contributed by atoms with E-state index < -0.39 is 26.5 Å². The van der Waals surface area contributed by atoms with Gasteiger partial charge >= 0.3 is 19.8 Å². The Morgan fingerprint density at radius 3 is 1.36 bits per heavy atom. The van der Waals surface area contributed by atoms with Gasteiger partial charge in [0.2, 0.25) is 0 Å². The van der Waals surface area contributed by atoms with Crippen LogP contribution in [0, 0.1) is 0 Å². The molecule has 0 aromatic heterocycles. The number of rotatable bonds is 45. The summed E-state index contributed by atoms with van der Waals surface area (Å²) < 4.78 is 32.8. The minimum absolute atomic E-state index is 0.0525. The quantitative estimate of drug-likeness (QED) is 0.0266. The van der Waals surface area contributed by atoms with Crippen LogP contribution in [-0.2, 0) is 32.7 Å². The number of unbranched alkanes of at least 4 members (excludes halogenated alkanes) is 26. The minimum Gasteiger partial charge on any atom is -0.462 e. The predicted molar refractivity (Wildman–Crippen MR) is 243 cm³/mol. The monoisotopic (exact) mass is 840 g/mol. The first-order valence-corrected chi connectivity index (χ1v) is 25.5. The molecule has 0 aliphatic rings. The van der Waals surface area contributed by atoms with Crippen molar-refractivity contribution in [3.05, 3.63) is 36.5 Å². The lowest BCUT2D eigenvalue weighted by Gasteiger charge is -2.19. The zero-order valence-electron chi connectivity index (χ0n) is 37.5. The van der Waals surface area contributed by atoms with Gasteiger partial charge in [-0.15, -0.1) is 0 Å². The van der Waals surface area contributed by atoms with E-state index >= 15 is 0 Å². The van der Waals surface area contributed by atoms with Crippen LogP contribution in [0.5, 0.6) is 0 Å². The Hall–Kier alpha value is -1.77. The van der Waals surface area contributed by atoms with Crippen LogP contribution in [-0.4, -0.2) is 49.3 Å². The van der Waals surface area contributed by atoms with Crippen molar-refractivity contribution in [1.29, 1.82) is 0 Å². The highest BCUT2D eigenvalue weighted by Gasteiger charge is 2.26. The number of ether oxygens (including phenoxy) is 2. The summed E-state index contributed by atoms with van der Waals surface area (Å²) in [7, 11) is -4.38. The molecule has 0 rings (SSSR count). The van der Waals surface area contributed by atoms with Crippen molar-refractivity contribution in [3.8, 4) is 0 Å². The molecule has 3 N–H and O–H groups in total. The predicted octanol–water partition coefficient (Wildman–Crippen LogP) is 14.1. The van der Waals surface area contributed by atoms with Gasteiger partial charge in [0.15, 0.2) is 6.10 Å². The van der Waals surface area contributed by atoms with Crippen LogP contribution in [0.4, 0.5) is 0 Å². The molecule has 0 fully saturated rings. The van der Waals surface area contributed by atoms with Gasteiger partial charge in [0.1, 0.15) is 6.61 Å². The molecule has 340 valence electrons. The molecule has 0 aromatic carbocycles. The van der Waals surface area contributed by atoms with Crippen molar-refractivity contribution in [1.82, 2.24) is 0 Å². The molecular formula is C48H90NO8P. The maximum absolute atomic E-state index is 12.6. The molecule has 0 aliphatic carbocycles. The van der Waals surface area contributed by atoms with Crippen LogP contribution in [0.3, 0.4) is 0 Å². The molecule has 0 saturated carbocycles. The molecular weight excluding hydrogens is 750 g/mol. The molecule has 9 nitrogen and oxygen atoms in total. The first-order valence-electron chi connectivity index (χ1n) is 24.0. The smallest absolute Gasteiger partial charge is 0.462 e. The van der Waals surface area contributed by atoms with E-state index in [9.17, 15) is 19.0 Å². The van der Waals surface area contributed by atoms with Gasteiger partial charge in [0.05, 0.1) is 13.2 Å². The lowest BCUT2D eigenvalue weighted by atomic mass is 10.0. The fourth-order valence-corrected chi connectivity index (χ4v) is 7.43. The molecule has 0 heterocycles. The summed E-state index contributed by atoms with van der Waals surface area (Å²) >= 11 is 0. The molecule has 0 saturated heterocycles. The Morgan fingerprint density at radius 1 is 0.517 bits per heavy atom. The normalized spacial score (nSPS) is 13.5. The Kier molecular flexibility index (Phi) is 43.4. The molecule has 0 aromatic rings. The van der Waals surface area contributed by atoms with E-state index in [1.165, 1.54) is 128 Å². The van der Waals surface area contributed by atoms with Crippen molar-refractivity contribution in [3.63, 3.8) is 0 Å². The first-order chi connectivity index (χ1) is 28.3. The summed E-state index contributed by atoms with van der Waals surface area (Å²) in [6, 6.07) is 0. The molecule has 0 amide bonds. The van der Waals surface area contributed by atoms with Crippen LogP contribution < -0.4 is 5.73 Å².